The van der Waals surface area contributed by atoms with Gasteiger partial charge in [-0.3, -0.25) is 4.79 Å². The summed E-state index contributed by atoms with van der Waals surface area (Å²) in [4.78, 5) is 29.2. The molecule has 140 valence electrons. The smallest absolute Gasteiger partial charge is 0.263 e. The van der Waals surface area contributed by atoms with Crippen molar-refractivity contribution < 1.29 is 4.79 Å². The molecule has 0 saturated carbocycles. The molecule has 1 aliphatic rings. The van der Waals surface area contributed by atoms with Crippen LogP contribution in [0.15, 0.2) is 30.6 Å². The largest absolute Gasteiger partial charge is 0.397 e. The van der Waals surface area contributed by atoms with Crippen LogP contribution in [0.1, 0.15) is 35.1 Å². The molecule has 0 bridgehead atoms. The number of aromatic nitrogens is 3. The van der Waals surface area contributed by atoms with E-state index in [1.807, 2.05) is 18.2 Å². The Morgan fingerprint density at radius 2 is 2.11 bits per heavy atom. The van der Waals surface area contributed by atoms with Gasteiger partial charge in [0.15, 0.2) is 0 Å². The molecule has 3 N–H and O–H groups in total. The number of carbonyl (C=O) groups excluding carboxylic acids is 1. The van der Waals surface area contributed by atoms with Gasteiger partial charge in [0.05, 0.1) is 5.69 Å². The van der Waals surface area contributed by atoms with Crippen LogP contribution in [-0.2, 0) is 5.41 Å². The standard InChI is InChI=1S/C19H22N6OS/c1-19(7-3-10-25(11-19)18-22-8-4-9-23-18)13-6-5-12-14(20)15(16(26)21-2)27-17(12)24-13/h4-6,8-9H,3,7,10-11,20H2,1-2H3,(H,21,26)/t19-/m0/s1. The molecule has 0 aromatic carbocycles. The minimum Gasteiger partial charge on any atom is -0.397 e. The van der Waals surface area contributed by atoms with Crippen LogP contribution in [0.2, 0.25) is 0 Å². The summed E-state index contributed by atoms with van der Waals surface area (Å²) < 4.78 is 0. The molecule has 1 fully saturated rings. The zero-order chi connectivity index (χ0) is 19.0. The first kappa shape index (κ1) is 17.7. The highest BCUT2D eigenvalue weighted by Crippen LogP contribution is 2.38. The SMILES string of the molecule is CNC(=O)c1sc2nc([C@@]3(C)CCCN(c4ncccn4)C3)ccc2c1N. The van der Waals surface area contributed by atoms with Crippen LogP contribution in [0.4, 0.5) is 11.6 Å². The predicted octanol–water partition coefficient (Wildman–Crippen LogP) is 2.59. The lowest BCUT2D eigenvalue weighted by Crippen LogP contribution is -2.45. The van der Waals surface area contributed by atoms with E-state index in [-0.39, 0.29) is 11.3 Å². The summed E-state index contributed by atoms with van der Waals surface area (Å²) >= 11 is 1.34. The highest BCUT2D eigenvalue weighted by Gasteiger charge is 2.35. The second kappa shape index (κ2) is 6.77. The van der Waals surface area contributed by atoms with Crippen LogP contribution in [0, 0.1) is 0 Å². The van der Waals surface area contributed by atoms with E-state index in [1.165, 1.54) is 11.3 Å². The van der Waals surface area contributed by atoms with Crippen LogP contribution in [0.3, 0.4) is 0 Å². The number of nitrogens with two attached hydrogens (primary N) is 1. The summed E-state index contributed by atoms with van der Waals surface area (Å²) in [6.45, 7) is 3.97. The molecule has 7 nitrogen and oxygen atoms in total. The molecule has 4 rings (SSSR count). The molecule has 1 aliphatic heterocycles. The topological polar surface area (TPSA) is 97.0 Å². The maximum Gasteiger partial charge on any atom is 0.263 e. The number of hydrogen-bond donors (Lipinski definition) is 2. The number of carbonyl (C=O) groups is 1. The number of fused-ring (bicyclic) bond motifs is 1. The van der Waals surface area contributed by atoms with Gasteiger partial charge in [0, 0.05) is 49.0 Å². The van der Waals surface area contributed by atoms with Gasteiger partial charge in [-0.1, -0.05) is 6.92 Å². The number of pyridine rings is 1. The third-order valence-electron chi connectivity index (χ3n) is 5.18. The predicted molar refractivity (Wildman–Crippen MR) is 108 cm³/mol. The van der Waals surface area contributed by atoms with Gasteiger partial charge in [0.25, 0.3) is 5.91 Å². The highest BCUT2D eigenvalue weighted by molar-refractivity contribution is 7.21. The summed E-state index contributed by atoms with van der Waals surface area (Å²) in [6.07, 6.45) is 5.63. The van der Waals surface area contributed by atoms with Crippen molar-refractivity contribution in [2.24, 2.45) is 0 Å². The first-order valence-corrected chi connectivity index (χ1v) is 9.77. The van der Waals surface area contributed by atoms with Gasteiger partial charge >= 0.3 is 0 Å². The lowest BCUT2D eigenvalue weighted by Gasteiger charge is -2.40. The Hall–Kier alpha value is -2.74. The molecule has 8 heteroatoms. The lowest BCUT2D eigenvalue weighted by atomic mass is 9.78. The number of hydrogen-bond acceptors (Lipinski definition) is 7. The van der Waals surface area contributed by atoms with Gasteiger partial charge < -0.3 is 16.0 Å². The Morgan fingerprint density at radius 1 is 1.33 bits per heavy atom. The van der Waals surface area contributed by atoms with E-state index >= 15 is 0 Å². The maximum atomic E-state index is 12.0. The summed E-state index contributed by atoms with van der Waals surface area (Å²) in [5.74, 6) is 0.583. The summed E-state index contributed by atoms with van der Waals surface area (Å²) in [5.41, 5.74) is 7.56. The average Bonchev–Trinajstić information content (AvgIpc) is 3.04. The number of nitrogens with zero attached hydrogens (tertiary/aromatic N) is 4. The van der Waals surface area contributed by atoms with E-state index in [0.717, 1.165) is 47.8 Å². The van der Waals surface area contributed by atoms with Gasteiger partial charge in [0.2, 0.25) is 5.95 Å². The van der Waals surface area contributed by atoms with Crippen molar-refractivity contribution in [2.75, 3.05) is 30.8 Å². The van der Waals surface area contributed by atoms with Gasteiger partial charge in [-0.05, 0) is 31.0 Å². The lowest BCUT2D eigenvalue weighted by molar-refractivity contribution is 0.0968. The third-order valence-corrected chi connectivity index (χ3v) is 6.29. The fourth-order valence-corrected chi connectivity index (χ4v) is 4.73. The number of piperidine rings is 1. The number of anilines is 2. The van der Waals surface area contributed by atoms with Gasteiger partial charge in [-0.15, -0.1) is 11.3 Å². The van der Waals surface area contributed by atoms with Crippen LogP contribution < -0.4 is 16.0 Å². The molecule has 0 unspecified atom stereocenters. The van der Waals surface area contributed by atoms with Crippen molar-refractivity contribution in [1.82, 2.24) is 20.3 Å². The quantitative estimate of drug-likeness (QED) is 0.723. The van der Waals surface area contributed by atoms with Crippen LogP contribution in [0.5, 0.6) is 0 Å². The number of nitrogen functional groups attached to an aromatic ring is 1. The molecular formula is C19H22N6OS. The van der Waals surface area contributed by atoms with E-state index in [2.05, 4.69) is 27.1 Å². The Kier molecular flexibility index (Phi) is 4.43. The molecule has 4 heterocycles. The maximum absolute atomic E-state index is 12.0. The highest BCUT2D eigenvalue weighted by atomic mass is 32.1. The van der Waals surface area contributed by atoms with Crippen molar-refractivity contribution in [1.29, 1.82) is 0 Å². The number of nitrogens with one attached hydrogen (secondary N) is 1. The van der Waals surface area contributed by atoms with Crippen molar-refractivity contribution in [3.05, 3.63) is 41.2 Å². The zero-order valence-electron chi connectivity index (χ0n) is 15.4. The minimum atomic E-state index is -0.173. The monoisotopic (exact) mass is 382 g/mol. The molecule has 3 aromatic heterocycles. The van der Waals surface area contributed by atoms with Crippen molar-refractivity contribution >= 4 is 39.1 Å². The van der Waals surface area contributed by atoms with E-state index in [0.29, 0.717) is 10.6 Å². The molecule has 0 aliphatic carbocycles. The Bertz CT molecular complexity index is 989. The van der Waals surface area contributed by atoms with Gasteiger partial charge in [-0.2, -0.15) is 0 Å². The molecule has 27 heavy (non-hydrogen) atoms. The summed E-state index contributed by atoms with van der Waals surface area (Å²) in [6, 6.07) is 5.85. The molecule has 1 amide bonds. The normalized spacial score (nSPS) is 20.0. The fraction of sp³-hybridized carbons (Fsp3) is 0.368. The number of amides is 1. The Labute approximate surface area is 161 Å². The summed E-state index contributed by atoms with van der Waals surface area (Å²) in [7, 11) is 1.61. The molecule has 1 saturated heterocycles. The second-order valence-corrected chi connectivity index (χ2v) is 8.11. The van der Waals surface area contributed by atoms with Crippen LogP contribution in [0.25, 0.3) is 10.2 Å². The Morgan fingerprint density at radius 3 is 2.85 bits per heavy atom. The zero-order valence-corrected chi connectivity index (χ0v) is 16.2. The van der Waals surface area contributed by atoms with Gasteiger partial charge in [-0.25, -0.2) is 15.0 Å². The molecular weight excluding hydrogens is 360 g/mol. The van der Waals surface area contributed by atoms with E-state index in [4.69, 9.17) is 10.7 Å². The minimum absolute atomic E-state index is 0.114. The first-order chi connectivity index (χ1) is 13.0. The van der Waals surface area contributed by atoms with Crippen LogP contribution in [-0.4, -0.2) is 41.0 Å². The van der Waals surface area contributed by atoms with Crippen molar-refractivity contribution in [3.8, 4) is 0 Å². The molecule has 0 radical (unpaired) electrons. The van der Waals surface area contributed by atoms with E-state index < -0.39 is 0 Å². The molecule has 0 spiro atoms. The Balaban J connectivity index is 1.69. The van der Waals surface area contributed by atoms with Crippen molar-refractivity contribution in [3.63, 3.8) is 0 Å². The number of rotatable bonds is 3. The van der Waals surface area contributed by atoms with E-state index in [1.54, 1.807) is 19.4 Å². The van der Waals surface area contributed by atoms with Crippen molar-refractivity contribution in [2.45, 2.75) is 25.2 Å². The van der Waals surface area contributed by atoms with Crippen LogP contribution >= 0.6 is 11.3 Å². The average molecular weight is 382 g/mol. The molecule has 1 atom stereocenters. The molecule has 3 aromatic rings. The van der Waals surface area contributed by atoms with Gasteiger partial charge in [0.1, 0.15) is 9.71 Å². The third kappa shape index (κ3) is 3.10. The first-order valence-electron chi connectivity index (χ1n) is 8.95. The summed E-state index contributed by atoms with van der Waals surface area (Å²) in [5, 5.41) is 3.47. The fourth-order valence-electron chi connectivity index (χ4n) is 3.69. The second-order valence-electron chi connectivity index (χ2n) is 7.11. The number of thiophene rings is 1. The van der Waals surface area contributed by atoms with E-state index in [9.17, 15) is 4.79 Å².